The normalized spacial score (nSPS) is 24.4. The minimum Gasteiger partial charge on any atom is -0.281 e. The molecule has 2 atom stereocenters. The minimum atomic E-state index is -0.200. The van der Waals surface area contributed by atoms with Crippen LogP contribution in [0.4, 0.5) is 0 Å². The van der Waals surface area contributed by atoms with Gasteiger partial charge in [0.05, 0.1) is 0 Å². The maximum atomic E-state index is 10.8. The Morgan fingerprint density at radius 1 is 1.40 bits per heavy atom. The van der Waals surface area contributed by atoms with Crippen molar-refractivity contribution in [2.45, 2.75) is 13.3 Å². The standard InChI is InChI=1S/C13H13ClO/c1-9-2-4-10(5-3-9)6-7-11-8-12(11)13(14)15/h2-7,11-12H,8H2,1H3. The highest BCUT2D eigenvalue weighted by Crippen LogP contribution is 2.41. The van der Waals surface area contributed by atoms with E-state index >= 15 is 0 Å². The van der Waals surface area contributed by atoms with E-state index in [2.05, 4.69) is 43.3 Å². The summed E-state index contributed by atoms with van der Waals surface area (Å²) in [4.78, 5) is 10.8. The fourth-order valence-corrected chi connectivity index (χ4v) is 1.85. The van der Waals surface area contributed by atoms with Gasteiger partial charge in [0.15, 0.2) is 0 Å². The molecule has 0 saturated heterocycles. The third kappa shape index (κ3) is 2.69. The van der Waals surface area contributed by atoms with E-state index in [1.807, 2.05) is 0 Å². The van der Waals surface area contributed by atoms with Crippen LogP contribution in [-0.4, -0.2) is 5.24 Å². The van der Waals surface area contributed by atoms with Crippen molar-refractivity contribution in [2.24, 2.45) is 11.8 Å². The summed E-state index contributed by atoms with van der Waals surface area (Å²) in [6.07, 6.45) is 5.05. The highest BCUT2D eigenvalue weighted by Gasteiger charge is 2.39. The molecule has 1 nitrogen and oxygen atoms in total. The molecule has 1 aromatic carbocycles. The Kier molecular flexibility index (Phi) is 2.92. The first-order chi connectivity index (χ1) is 7.16. The molecule has 1 aliphatic carbocycles. The van der Waals surface area contributed by atoms with Gasteiger partial charge in [0.25, 0.3) is 0 Å². The lowest BCUT2D eigenvalue weighted by molar-refractivity contribution is -0.112. The predicted octanol–water partition coefficient (Wildman–Crippen LogP) is 3.41. The van der Waals surface area contributed by atoms with Gasteiger partial charge in [-0.2, -0.15) is 0 Å². The summed E-state index contributed by atoms with van der Waals surface area (Å²) >= 11 is 5.40. The molecule has 2 unspecified atom stereocenters. The van der Waals surface area contributed by atoms with Crippen molar-refractivity contribution in [3.63, 3.8) is 0 Å². The topological polar surface area (TPSA) is 17.1 Å². The van der Waals surface area contributed by atoms with E-state index in [1.165, 1.54) is 11.1 Å². The van der Waals surface area contributed by atoms with Crippen LogP contribution in [0.3, 0.4) is 0 Å². The average molecular weight is 221 g/mol. The number of aryl methyl sites for hydroxylation is 1. The van der Waals surface area contributed by atoms with Crippen LogP contribution in [-0.2, 0) is 4.79 Å². The highest BCUT2D eigenvalue weighted by atomic mass is 35.5. The van der Waals surface area contributed by atoms with E-state index in [-0.39, 0.29) is 11.2 Å². The van der Waals surface area contributed by atoms with E-state index in [9.17, 15) is 4.79 Å². The van der Waals surface area contributed by atoms with Gasteiger partial charge in [0, 0.05) is 5.92 Å². The van der Waals surface area contributed by atoms with Gasteiger partial charge < -0.3 is 0 Å². The van der Waals surface area contributed by atoms with Crippen LogP contribution in [0.1, 0.15) is 17.5 Å². The van der Waals surface area contributed by atoms with Crippen molar-refractivity contribution in [3.8, 4) is 0 Å². The summed E-state index contributed by atoms with van der Waals surface area (Å²) in [7, 11) is 0. The van der Waals surface area contributed by atoms with Crippen LogP contribution in [0.15, 0.2) is 30.3 Å². The lowest BCUT2D eigenvalue weighted by atomic mass is 10.1. The van der Waals surface area contributed by atoms with Crippen molar-refractivity contribution in [1.29, 1.82) is 0 Å². The number of halogens is 1. The molecule has 2 rings (SSSR count). The third-order valence-electron chi connectivity index (χ3n) is 2.74. The Bertz CT molecular complexity index is 392. The lowest BCUT2D eigenvalue weighted by Gasteiger charge is -1.94. The van der Waals surface area contributed by atoms with E-state index in [0.29, 0.717) is 5.92 Å². The molecule has 78 valence electrons. The van der Waals surface area contributed by atoms with Crippen molar-refractivity contribution in [3.05, 3.63) is 41.5 Å². The van der Waals surface area contributed by atoms with Crippen molar-refractivity contribution >= 4 is 22.9 Å². The largest absolute Gasteiger partial charge is 0.281 e. The molecule has 2 heteroatoms. The monoisotopic (exact) mass is 220 g/mol. The summed E-state index contributed by atoms with van der Waals surface area (Å²) in [5, 5.41) is -0.200. The Morgan fingerprint density at radius 2 is 2.07 bits per heavy atom. The second-order valence-electron chi connectivity index (χ2n) is 4.08. The molecule has 1 saturated carbocycles. The van der Waals surface area contributed by atoms with Crippen molar-refractivity contribution < 1.29 is 4.79 Å². The summed E-state index contributed by atoms with van der Waals surface area (Å²) in [5.41, 5.74) is 2.43. The quantitative estimate of drug-likeness (QED) is 0.714. The fourth-order valence-electron chi connectivity index (χ4n) is 1.60. The van der Waals surface area contributed by atoms with E-state index < -0.39 is 0 Å². The SMILES string of the molecule is Cc1ccc(C=CC2CC2C(=O)Cl)cc1. The molecule has 0 spiro atoms. The van der Waals surface area contributed by atoms with Crippen LogP contribution in [0.25, 0.3) is 6.08 Å². The Balaban J connectivity index is 1.95. The summed E-state index contributed by atoms with van der Waals surface area (Å²) in [6.45, 7) is 2.07. The number of rotatable bonds is 3. The van der Waals surface area contributed by atoms with Gasteiger partial charge in [-0.25, -0.2) is 0 Å². The molecule has 0 bridgehead atoms. The molecular formula is C13H13ClO. The van der Waals surface area contributed by atoms with E-state index in [1.54, 1.807) is 0 Å². The maximum absolute atomic E-state index is 10.8. The van der Waals surface area contributed by atoms with Crippen molar-refractivity contribution in [1.82, 2.24) is 0 Å². The summed E-state index contributed by atoms with van der Waals surface area (Å²) in [5.74, 6) is 0.421. The second kappa shape index (κ2) is 4.19. The summed E-state index contributed by atoms with van der Waals surface area (Å²) < 4.78 is 0. The third-order valence-corrected chi connectivity index (χ3v) is 3.02. The molecule has 1 aromatic rings. The molecule has 0 heterocycles. The van der Waals surface area contributed by atoms with Gasteiger partial charge in [0.2, 0.25) is 5.24 Å². The van der Waals surface area contributed by atoms with Crippen LogP contribution in [0.2, 0.25) is 0 Å². The minimum absolute atomic E-state index is 0.0633. The Hall–Kier alpha value is -1.08. The van der Waals surface area contributed by atoms with Gasteiger partial charge in [-0.3, -0.25) is 4.79 Å². The zero-order valence-electron chi connectivity index (χ0n) is 8.61. The number of hydrogen-bond acceptors (Lipinski definition) is 1. The molecular weight excluding hydrogens is 208 g/mol. The van der Waals surface area contributed by atoms with Gasteiger partial charge in [-0.1, -0.05) is 42.0 Å². The van der Waals surface area contributed by atoms with Crippen LogP contribution in [0.5, 0.6) is 0 Å². The molecule has 1 fully saturated rings. The molecule has 0 radical (unpaired) electrons. The number of benzene rings is 1. The van der Waals surface area contributed by atoms with Gasteiger partial charge in [-0.05, 0) is 36.4 Å². The number of allylic oxidation sites excluding steroid dienone is 1. The smallest absolute Gasteiger partial charge is 0.225 e. The van der Waals surface area contributed by atoms with Crippen LogP contribution < -0.4 is 0 Å². The summed E-state index contributed by atoms with van der Waals surface area (Å²) in [6, 6.07) is 8.31. The van der Waals surface area contributed by atoms with E-state index in [4.69, 9.17) is 11.6 Å². The van der Waals surface area contributed by atoms with Crippen LogP contribution >= 0.6 is 11.6 Å². The Morgan fingerprint density at radius 3 is 2.60 bits per heavy atom. The first-order valence-electron chi connectivity index (χ1n) is 5.11. The average Bonchev–Trinajstić information content (AvgIpc) is 2.96. The zero-order chi connectivity index (χ0) is 10.8. The zero-order valence-corrected chi connectivity index (χ0v) is 9.37. The fraction of sp³-hybridized carbons (Fsp3) is 0.308. The molecule has 15 heavy (non-hydrogen) atoms. The van der Waals surface area contributed by atoms with Crippen LogP contribution in [0, 0.1) is 18.8 Å². The second-order valence-corrected chi connectivity index (χ2v) is 4.45. The first kappa shape index (κ1) is 10.4. The molecule has 0 aliphatic heterocycles. The van der Waals surface area contributed by atoms with Gasteiger partial charge in [-0.15, -0.1) is 0 Å². The number of hydrogen-bond donors (Lipinski definition) is 0. The van der Waals surface area contributed by atoms with Crippen molar-refractivity contribution in [2.75, 3.05) is 0 Å². The molecule has 1 aliphatic rings. The highest BCUT2D eigenvalue weighted by molar-refractivity contribution is 6.64. The molecule has 0 aromatic heterocycles. The number of carbonyl (C=O) groups is 1. The number of carbonyl (C=O) groups excluding carboxylic acids is 1. The maximum Gasteiger partial charge on any atom is 0.225 e. The first-order valence-corrected chi connectivity index (χ1v) is 5.49. The van der Waals surface area contributed by atoms with Gasteiger partial charge in [0.1, 0.15) is 0 Å². The molecule has 0 N–H and O–H groups in total. The Labute approximate surface area is 94.8 Å². The lowest BCUT2D eigenvalue weighted by Crippen LogP contribution is -1.89. The predicted molar refractivity (Wildman–Crippen MR) is 62.7 cm³/mol. The van der Waals surface area contributed by atoms with E-state index in [0.717, 1.165) is 6.42 Å². The van der Waals surface area contributed by atoms with Gasteiger partial charge >= 0.3 is 0 Å². The molecule has 0 amide bonds.